The van der Waals surface area contributed by atoms with Crippen LogP contribution >= 0.6 is 0 Å². The van der Waals surface area contributed by atoms with Gasteiger partial charge in [-0.2, -0.15) is 0 Å². The fourth-order valence-corrected chi connectivity index (χ4v) is 1.72. The molecule has 0 amide bonds. The lowest BCUT2D eigenvalue weighted by Gasteiger charge is -2.32. The molecule has 0 bridgehead atoms. The van der Waals surface area contributed by atoms with E-state index in [0.717, 1.165) is 5.56 Å². The van der Waals surface area contributed by atoms with E-state index in [1.165, 1.54) is 0 Å². The van der Waals surface area contributed by atoms with Crippen molar-refractivity contribution in [3.8, 4) is 0 Å². The van der Waals surface area contributed by atoms with Gasteiger partial charge in [-0.1, -0.05) is 50.3 Å². The van der Waals surface area contributed by atoms with Crippen LogP contribution in [-0.4, -0.2) is 6.67 Å². The molecule has 0 saturated carbocycles. The molecule has 0 spiro atoms. The number of hydrogen-bond donors (Lipinski definition) is 0. The Labute approximate surface area is 85.5 Å². The van der Waals surface area contributed by atoms with Gasteiger partial charge in [-0.05, 0) is 11.5 Å². The lowest BCUT2D eigenvalue weighted by atomic mass is 9.73. The Morgan fingerprint density at radius 3 is 2.29 bits per heavy atom. The summed E-state index contributed by atoms with van der Waals surface area (Å²) in [7, 11) is 0. The summed E-state index contributed by atoms with van der Waals surface area (Å²) in [6.45, 7) is 7.42. The molecule has 0 radical (unpaired) electrons. The molecule has 1 heteroatoms. The lowest BCUT2D eigenvalue weighted by Crippen LogP contribution is -2.32. The maximum atomic E-state index is 13.2. The number of benzene rings is 1. The van der Waals surface area contributed by atoms with Crippen molar-refractivity contribution in [1.82, 2.24) is 0 Å². The number of halogens is 1. The molecule has 0 nitrogen and oxygen atoms in total. The number of allylic oxidation sites excluding steroid dienone is 1. The Kier molecular flexibility index (Phi) is 3.45. The summed E-state index contributed by atoms with van der Waals surface area (Å²) < 4.78 is 13.2. The molecule has 1 aromatic carbocycles. The molecule has 1 aromatic rings. The first-order valence-corrected chi connectivity index (χ1v) is 4.92. The molecule has 1 rings (SSSR count). The fraction of sp³-hybridized carbons (Fsp3) is 0.385. The highest BCUT2D eigenvalue weighted by Gasteiger charge is 2.32. The normalized spacial score (nSPS) is 15.1. The molecule has 0 aliphatic carbocycles. The highest BCUT2D eigenvalue weighted by atomic mass is 19.1. The van der Waals surface area contributed by atoms with Crippen molar-refractivity contribution in [3.63, 3.8) is 0 Å². The number of hydrogen-bond acceptors (Lipinski definition) is 0. The molecule has 14 heavy (non-hydrogen) atoms. The predicted molar refractivity (Wildman–Crippen MR) is 59.1 cm³/mol. The standard InChI is InChI=1S/C13H17F/c1-4-13(10-14,11(2)3)12-8-6-5-7-9-12/h4-9,11H,1,10H2,2-3H3/t13-/m0/s1. The van der Waals surface area contributed by atoms with Crippen molar-refractivity contribution in [2.24, 2.45) is 5.92 Å². The predicted octanol–water partition coefficient (Wildman–Crippen LogP) is 3.74. The van der Waals surface area contributed by atoms with Gasteiger partial charge in [-0.3, -0.25) is 0 Å². The molecule has 0 aliphatic rings. The van der Waals surface area contributed by atoms with Crippen LogP contribution in [0.2, 0.25) is 0 Å². The minimum Gasteiger partial charge on any atom is -0.250 e. The third-order valence-corrected chi connectivity index (χ3v) is 2.93. The van der Waals surface area contributed by atoms with Gasteiger partial charge < -0.3 is 0 Å². The van der Waals surface area contributed by atoms with Crippen molar-refractivity contribution in [1.29, 1.82) is 0 Å². The maximum absolute atomic E-state index is 13.2. The fourth-order valence-electron chi connectivity index (χ4n) is 1.72. The minimum atomic E-state index is -0.527. The van der Waals surface area contributed by atoms with E-state index in [9.17, 15) is 4.39 Å². The zero-order chi connectivity index (χ0) is 10.6. The number of alkyl halides is 1. The first-order chi connectivity index (χ1) is 6.67. The van der Waals surface area contributed by atoms with Gasteiger partial charge in [0.1, 0.15) is 6.67 Å². The average molecular weight is 192 g/mol. The van der Waals surface area contributed by atoms with E-state index in [0.29, 0.717) is 0 Å². The average Bonchev–Trinajstić information content (AvgIpc) is 2.22. The van der Waals surface area contributed by atoms with E-state index in [-0.39, 0.29) is 5.92 Å². The summed E-state index contributed by atoms with van der Waals surface area (Å²) in [5.74, 6) is 0.215. The van der Waals surface area contributed by atoms with Crippen LogP contribution in [0.15, 0.2) is 43.0 Å². The van der Waals surface area contributed by atoms with Crippen LogP contribution in [0.25, 0.3) is 0 Å². The van der Waals surface area contributed by atoms with Crippen LogP contribution in [0.5, 0.6) is 0 Å². The zero-order valence-electron chi connectivity index (χ0n) is 8.83. The van der Waals surface area contributed by atoms with Crippen LogP contribution in [0, 0.1) is 5.92 Å². The lowest BCUT2D eigenvalue weighted by molar-refractivity contribution is 0.286. The second kappa shape index (κ2) is 4.41. The Hall–Kier alpha value is -1.11. The molecule has 76 valence electrons. The molecule has 0 unspecified atom stereocenters. The summed E-state index contributed by atoms with van der Waals surface area (Å²) in [5.41, 5.74) is 0.480. The van der Waals surface area contributed by atoms with E-state index in [4.69, 9.17) is 0 Å². The summed E-state index contributed by atoms with van der Waals surface area (Å²) in [4.78, 5) is 0. The molecule has 0 saturated heterocycles. The topological polar surface area (TPSA) is 0 Å². The van der Waals surface area contributed by atoms with Gasteiger partial charge >= 0.3 is 0 Å². The van der Waals surface area contributed by atoms with E-state index >= 15 is 0 Å². The highest BCUT2D eigenvalue weighted by molar-refractivity contribution is 5.31. The first kappa shape index (κ1) is 11.0. The van der Waals surface area contributed by atoms with Crippen molar-refractivity contribution < 1.29 is 4.39 Å². The van der Waals surface area contributed by atoms with Gasteiger partial charge in [0.2, 0.25) is 0 Å². The Balaban J connectivity index is 3.17. The van der Waals surface area contributed by atoms with E-state index < -0.39 is 12.1 Å². The molecule has 0 fully saturated rings. The first-order valence-electron chi connectivity index (χ1n) is 4.92. The van der Waals surface area contributed by atoms with Gasteiger partial charge in [0.15, 0.2) is 0 Å². The van der Waals surface area contributed by atoms with Crippen molar-refractivity contribution in [3.05, 3.63) is 48.6 Å². The smallest absolute Gasteiger partial charge is 0.103 e. The van der Waals surface area contributed by atoms with Crippen LogP contribution in [0.3, 0.4) is 0 Å². The van der Waals surface area contributed by atoms with E-state index in [1.807, 2.05) is 44.2 Å². The van der Waals surface area contributed by atoms with Crippen molar-refractivity contribution in [2.75, 3.05) is 6.67 Å². The zero-order valence-corrected chi connectivity index (χ0v) is 8.83. The molecule has 0 N–H and O–H groups in total. The largest absolute Gasteiger partial charge is 0.250 e. The molecule has 0 aromatic heterocycles. The van der Waals surface area contributed by atoms with Gasteiger partial charge in [0.25, 0.3) is 0 Å². The van der Waals surface area contributed by atoms with E-state index in [1.54, 1.807) is 6.08 Å². The van der Waals surface area contributed by atoms with Gasteiger partial charge in [0, 0.05) is 5.41 Å². The van der Waals surface area contributed by atoms with Gasteiger partial charge in [-0.25, -0.2) is 4.39 Å². The highest BCUT2D eigenvalue weighted by Crippen LogP contribution is 2.33. The quantitative estimate of drug-likeness (QED) is 0.637. The van der Waals surface area contributed by atoms with E-state index in [2.05, 4.69) is 6.58 Å². The molecular weight excluding hydrogens is 175 g/mol. The number of rotatable bonds is 4. The molecular formula is C13H17F. The summed E-state index contributed by atoms with van der Waals surface area (Å²) >= 11 is 0. The summed E-state index contributed by atoms with van der Waals surface area (Å²) in [6, 6.07) is 9.73. The van der Waals surface area contributed by atoms with Crippen LogP contribution in [-0.2, 0) is 5.41 Å². The van der Waals surface area contributed by atoms with Crippen molar-refractivity contribution in [2.45, 2.75) is 19.3 Å². The van der Waals surface area contributed by atoms with Crippen molar-refractivity contribution >= 4 is 0 Å². The Bertz CT molecular complexity index is 289. The maximum Gasteiger partial charge on any atom is 0.103 e. The third-order valence-electron chi connectivity index (χ3n) is 2.93. The summed E-state index contributed by atoms with van der Waals surface area (Å²) in [6.07, 6.45) is 1.73. The van der Waals surface area contributed by atoms with Crippen LogP contribution < -0.4 is 0 Å². The molecule has 1 atom stereocenters. The minimum absolute atomic E-state index is 0.215. The Morgan fingerprint density at radius 2 is 1.93 bits per heavy atom. The van der Waals surface area contributed by atoms with Crippen LogP contribution in [0.1, 0.15) is 19.4 Å². The van der Waals surface area contributed by atoms with Gasteiger partial charge in [-0.15, -0.1) is 6.58 Å². The SMILES string of the molecule is C=C[C@@](CF)(c1ccccc1)C(C)C. The van der Waals surface area contributed by atoms with Crippen LogP contribution in [0.4, 0.5) is 4.39 Å². The molecule has 0 heterocycles. The summed E-state index contributed by atoms with van der Waals surface area (Å²) in [5, 5.41) is 0. The second-order valence-electron chi connectivity index (χ2n) is 3.90. The second-order valence-corrected chi connectivity index (χ2v) is 3.90. The molecule has 0 aliphatic heterocycles. The van der Waals surface area contributed by atoms with Gasteiger partial charge in [0.05, 0.1) is 0 Å². The third kappa shape index (κ3) is 1.72. The monoisotopic (exact) mass is 192 g/mol. The Morgan fingerprint density at radius 1 is 1.36 bits per heavy atom.